The van der Waals surface area contributed by atoms with Gasteiger partial charge in [-0.05, 0) is 78.9 Å². The Morgan fingerprint density at radius 2 is 1.97 bits per heavy atom. The van der Waals surface area contributed by atoms with Gasteiger partial charge in [-0.25, -0.2) is 22.8 Å². The summed E-state index contributed by atoms with van der Waals surface area (Å²) in [7, 11) is -4.05. The summed E-state index contributed by atoms with van der Waals surface area (Å²) in [6.45, 7) is 3.97. The second-order valence-corrected chi connectivity index (χ2v) is 11.1. The molecule has 1 atom stereocenters. The van der Waals surface area contributed by atoms with E-state index in [0.29, 0.717) is 17.6 Å². The molecule has 4 aromatic rings. The van der Waals surface area contributed by atoms with Crippen LogP contribution in [0.5, 0.6) is 0 Å². The first-order valence-electron chi connectivity index (χ1n) is 12.2. The van der Waals surface area contributed by atoms with Crippen molar-refractivity contribution in [1.29, 1.82) is 0 Å². The lowest BCUT2D eigenvalue weighted by Crippen LogP contribution is -2.38. The number of halogens is 2. The molecule has 5 rings (SSSR count). The second-order valence-electron chi connectivity index (χ2n) is 9.04. The molecule has 0 bridgehead atoms. The Balaban J connectivity index is 1.42. The first-order valence-corrected chi connectivity index (χ1v) is 14.0. The van der Waals surface area contributed by atoms with Crippen LogP contribution >= 0.6 is 11.6 Å². The van der Waals surface area contributed by atoms with Gasteiger partial charge in [0.2, 0.25) is 5.95 Å². The smallest absolute Gasteiger partial charge is 0.263 e. The number of aryl methyl sites for hydroxylation is 1. The quantitative estimate of drug-likeness (QED) is 0.282. The summed E-state index contributed by atoms with van der Waals surface area (Å²) in [4.78, 5) is 9.16. The van der Waals surface area contributed by atoms with Gasteiger partial charge in [0.1, 0.15) is 10.7 Å². The fourth-order valence-electron chi connectivity index (χ4n) is 4.52. The Hall–Kier alpha value is -3.27. The van der Waals surface area contributed by atoms with Crippen LogP contribution in [0.1, 0.15) is 25.3 Å². The van der Waals surface area contributed by atoms with Gasteiger partial charge in [0, 0.05) is 24.2 Å². The third kappa shape index (κ3) is 5.53. The van der Waals surface area contributed by atoms with Crippen LogP contribution in [0.25, 0.3) is 22.0 Å². The number of aromatic nitrogens is 2. The average Bonchev–Trinajstić information content (AvgIpc) is 2.90. The highest BCUT2D eigenvalue weighted by atomic mass is 35.5. The molecule has 0 spiro atoms. The standard InChI is InChI=1S/C27H27ClFN5O2S/c1-2-17-12-19(13-20-15-31-27(33-26(17)20)32-21-6-5-11-30-16-21)18-9-10-24(23(29)14-18)34-37(35,36)25-8-4-3-7-22(25)28/h3-4,7-10,12-15,21,30,34H,2,5-6,11,16H2,1H3,(H,31,32,33). The summed E-state index contributed by atoms with van der Waals surface area (Å²) in [5.41, 5.74) is 3.13. The number of piperidine rings is 1. The van der Waals surface area contributed by atoms with Gasteiger partial charge in [0.15, 0.2) is 0 Å². The van der Waals surface area contributed by atoms with Crippen LogP contribution < -0.4 is 15.4 Å². The van der Waals surface area contributed by atoms with Gasteiger partial charge in [0.25, 0.3) is 10.0 Å². The molecule has 2 heterocycles. The molecule has 0 aliphatic carbocycles. The zero-order valence-electron chi connectivity index (χ0n) is 20.3. The summed E-state index contributed by atoms with van der Waals surface area (Å²) >= 11 is 6.02. The Morgan fingerprint density at radius 3 is 2.70 bits per heavy atom. The van der Waals surface area contributed by atoms with Crippen LogP contribution in [-0.2, 0) is 16.4 Å². The van der Waals surface area contributed by atoms with Crippen molar-refractivity contribution in [3.05, 3.63) is 77.2 Å². The highest BCUT2D eigenvalue weighted by molar-refractivity contribution is 7.92. The van der Waals surface area contributed by atoms with Crippen LogP contribution in [0, 0.1) is 5.82 Å². The molecule has 192 valence electrons. The lowest BCUT2D eigenvalue weighted by Gasteiger charge is -2.23. The number of anilines is 2. The molecule has 1 unspecified atom stereocenters. The Labute approximate surface area is 220 Å². The van der Waals surface area contributed by atoms with Crippen LogP contribution in [0.2, 0.25) is 5.02 Å². The van der Waals surface area contributed by atoms with E-state index in [4.69, 9.17) is 16.6 Å². The summed E-state index contributed by atoms with van der Waals surface area (Å²) in [5, 5.41) is 7.71. The SMILES string of the molecule is CCc1cc(-c2ccc(NS(=O)(=O)c3ccccc3Cl)c(F)c2)cc2cnc(NC3CCCNC3)nc12. The number of nitrogens with zero attached hydrogens (tertiary/aromatic N) is 2. The van der Waals surface area contributed by atoms with E-state index in [-0.39, 0.29) is 15.6 Å². The van der Waals surface area contributed by atoms with Crippen molar-refractivity contribution in [2.45, 2.75) is 37.1 Å². The van der Waals surface area contributed by atoms with Crippen molar-refractivity contribution >= 4 is 44.2 Å². The zero-order valence-corrected chi connectivity index (χ0v) is 21.8. The maximum absolute atomic E-state index is 15.1. The van der Waals surface area contributed by atoms with Crippen molar-refractivity contribution in [2.75, 3.05) is 23.1 Å². The summed E-state index contributed by atoms with van der Waals surface area (Å²) in [6.07, 6.45) is 4.71. The first-order chi connectivity index (χ1) is 17.8. The molecule has 1 aliphatic rings. The van der Waals surface area contributed by atoms with Crippen molar-refractivity contribution in [2.24, 2.45) is 0 Å². The van der Waals surface area contributed by atoms with E-state index < -0.39 is 15.8 Å². The van der Waals surface area contributed by atoms with Gasteiger partial charge in [0.05, 0.1) is 16.2 Å². The summed E-state index contributed by atoms with van der Waals surface area (Å²) < 4.78 is 42.8. The molecule has 37 heavy (non-hydrogen) atoms. The van der Waals surface area contributed by atoms with Crippen molar-refractivity contribution in [3.8, 4) is 11.1 Å². The highest BCUT2D eigenvalue weighted by Gasteiger charge is 2.20. The number of rotatable bonds is 7. The van der Waals surface area contributed by atoms with E-state index in [9.17, 15) is 8.42 Å². The van der Waals surface area contributed by atoms with Gasteiger partial charge in [-0.15, -0.1) is 0 Å². The molecule has 7 nitrogen and oxygen atoms in total. The van der Waals surface area contributed by atoms with Gasteiger partial charge in [-0.1, -0.05) is 36.7 Å². The summed E-state index contributed by atoms with van der Waals surface area (Å²) in [6, 6.07) is 14.6. The molecular formula is C27H27ClFN5O2S. The third-order valence-corrected chi connectivity index (χ3v) is 8.31. The topological polar surface area (TPSA) is 96.0 Å². The molecule has 0 saturated carbocycles. The molecule has 1 saturated heterocycles. The average molecular weight is 540 g/mol. The van der Waals surface area contributed by atoms with E-state index in [1.54, 1.807) is 24.4 Å². The van der Waals surface area contributed by atoms with Crippen molar-refractivity contribution in [1.82, 2.24) is 15.3 Å². The van der Waals surface area contributed by atoms with E-state index in [0.717, 1.165) is 54.4 Å². The number of sulfonamides is 1. The first kappa shape index (κ1) is 25.4. The van der Waals surface area contributed by atoms with Gasteiger partial charge >= 0.3 is 0 Å². The Morgan fingerprint density at radius 1 is 1.14 bits per heavy atom. The predicted octanol–water partition coefficient (Wildman–Crippen LogP) is 5.62. The molecule has 10 heteroatoms. The van der Waals surface area contributed by atoms with Crippen molar-refractivity contribution < 1.29 is 12.8 Å². The van der Waals surface area contributed by atoms with E-state index in [1.165, 1.54) is 24.3 Å². The van der Waals surface area contributed by atoms with Crippen molar-refractivity contribution in [3.63, 3.8) is 0 Å². The number of hydrogen-bond donors (Lipinski definition) is 3. The van der Waals surface area contributed by atoms with Gasteiger partial charge < -0.3 is 10.6 Å². The molecule has 3 aromatic carbocycles. The minimum atomic E-state index is -4.05. The van der Waals surface area contributed by atoms with Crippen LogP contribution in [-0.4, -0.2) is 37.5 Å². The number of benzene rings is 3. The number of nitrogens with one attached hydrogen (secondary N) is 3. The predicted molar refractivity (Wildman–Crippen MR) is 146 cm³/mol. The minimum Gasteiger partial charge on any atom is -0.350 e. The Kier molecular flexibility index (Phi) is 7.28. The zero-order chi connectivity index (χ0) is 26.0. The Bertz CT molecular complexity index is 1560. The molecule has 0 amide bonds. The van der Waals surface area contributed by atoms with Crippen LogP contribution in [0.3, 0.4) is 0 Å². The lowest BCUT2D eigenvalue weighted by molar-refractivity contribution is 0.478. The number of hydrogen-bond acceptors (Lipinski definition) is 6. The minimum absolute atomic E-state index is 0.0614. The highest BCUT2D eigenvalue weighted by Crippen LogP contribution is 2.31. The monoisotopic (exact) mass is 539 g/mol. The largest absolute Gasteiger partial charge is 0.350 e. The number of fused-ring (bicyclic) bond motifs is 1. The molecule has 1 aliphatic heterocycles. The van der Waals surface area contributed by atoms with Gasteiger partial charge in [-0.3, -0.25) is 4.72 Å². The molecular weight excluding hydrogens is 513 g/mol. The second kappa shape index (κ2) is 10.6. The lowest BCUT2D eigenvalue weighted by atomic mass is 9.98. The summed E-state index contributed by atoms with van der Waals surface area (Å²) in [5.74, 6) is -0.0898. The van der Waals surface area contributed by atoms with Crippen LogP contribution in [0.4, 0.5) is 16.0 Å². The van der Waals surface area contributed by atoms with E-state index in [2.05, 4.69) is 20.3 Å². The van der Waals surface area contributed by atoms with E-state index in [1.807, 2.05) is 19.1 Å². The maximum Gasteiger partial charge on any atom is 0.263 e. The maximum atomic E-state index is 15.1. The van der Waals surface area contributed by atoms with Gasteiger partial charge in [-0.2, -0.15) is 0 Å². The van der Waals surface area contributed by atoms with Crippen LogP contribution in [0.15, 0.2) is 65.7 Å². The normalized spacial score (nSPS) is 16.0. The molecule has 1 aromatic heterocycles. The van der Waals surface area contributed by atoms with E-state index >= 15 is 4.39 Å². The molecule has 1 fully saturated rings. The third-order valence-electron chi connectivity index (χ3n) is 6.45. The fourth-order valence-corrected chi connectivity index (χ4v) is 6.11. The fraction of sp³-hybridized carbons (Fsp3) is 0.259. The molecule has 0 radical (unpaired) electrons. The molecule has 3 N–H and O–H groups in total.